The number of nitrogens with zero attached hydrogens (tertiary/aromatic N) is 2. The summed E-state index contributed by atoms with van der Waals surface area (Å²) in [6, 6.07) is 5.50. The van der Waals surface area contributed by atoms with Crippen LogP contribution in [0.5, 0.6) is 0 Å². The van der Waals surface area contributed by atoms with E-state index in [1.165, 1.54) is 12.3 Å². The normalized spacial score (nSPS) is 21.2. The Morgan fingerprint density at radius 1 is 1.25 bits per heavy atom. The zero-order valence-corrected chi connectivity index (χ0v) is 15.4. The molecule has 1 aliphatic rings. The lowest BCUT2D eigenvalue weighted by Crippen LogP contribution is -2.35. The van der Waals surface area contributed by atoms with Crippen molar-refractivity contribution in [2.24, 2.45) is 5.92 Å². The molecule has 1 aromatic heterocycles. The average Bonchev–Trinajstić information content (AvgIpc) is 2.54. The molecule has 2 aromatic rings. The number of fused-ring (bicyclic) bond motifs is 1. The Morgan fingerprint density at radius 3 is 2.62 bits per heavy atom. The van der Waals surface area contributed by atoms with Crippen LogP contribution in [-0.2, 0) is 4.79 Å². The van der Waals surface area contributed by atoms with E-state index >= 15 is 0 Å². The first-order chi connectivity index (χ1) is 11.4. The minimum Gasteiger partial charge on any atom is -0.310 e. The summed E-state index contributed by atoms with van der Waals surface area (Å²) in [6.07, 6.45) is 5.32. The number of rotatable bonds is 3. The molecule has 1 heterocycles. The summed E-state index contributed by atoms with van der Waals surface area (Å²) in [4.78, 5) is 18.9. The van der Waals surface area contributed by atoms with Crippen LogP contribution in [0.1, 0.15) is 25.7 Å². The highest BCUT2D eigenvalue weighted by molar-refractivity contribution is 9.10. The van der Waals surface area contributed by atoms with Crippen molar-refractivity contribution < 1.29 is 9.18 Å². The Hall–Kier alpha value is -1.53. The molecule has 1 amide bonds. The maximum Gasteiger partial charge on any atom is 0.228 e. The second-order valence-corrected chi connectivity index (χ2v) is 7.55. The van der Waals surface area contributed by atoms with Crippen LogP contribution in [-0.4, -0.2) is 35.9 Å². The van der Waals surface area contributed by atoms with Crippen molar-refractivity contribution in [3.8, 4) is 0 Å². The molecule has 0 aliphatic heterocycles. The predicted octanol–water partition coefficient (Wildman–Crippen LogP) is 4.20. The van der Waals surface area contributed by atoms with E-state index in [-0.39, 0.29) is 17.6 Å². The zero-order chi connectivity index (χ0) is 17.3. The molecule has 1 aromatic carbocycles. The number of amides is 1. The van der Waals surface area contributed by atoms with Crippen molar-refractivity contribution in [3.05, 3.63) is 34.7 Å². The van der Waals surface area contributed by atoms with Gasteiger partial charge in [-0.1, -0.05) is 15.9 Å². The van der Waals surface area contributed by atoms with Gasteiger partial charge in [0, 0.05) is 28.0 Å². The highest BCUT2D eigenvalue weighted by Crippen LogP contribution is 2.28. The molecule has 0 bridgehead atoms. The molecule has 0 unspecified atom stereocenters. The van der Waals surface area contributed by atoms with Crippen LogP contribution >= 0.6 is 15.9 Å². The molecule has 0 saturated heterocycles. The van der Waals surface area contributed by atoms with Gasteiger partial charge < -0.3 is 10.2 Å². The van der Waals surface area contributed by atoms with E-state index in [2.05, 4.69) is 45.2 Å². The fraction of sp³-hybridized carbons (Fsp3) is 0.444. The van der Waals surface area contributed by atoms with Crippen molar-refractivity contribution in [1.82, 2.24) is 9.88 Å². The lowest BCUT2D eigenvalue weighted by Gasteiger charge is -2.31. The van der Waals surface area contributed by atoms with Crippen molar-refractivity contribution in [2.45, 2.75) is 31.7 Å². The molecule has 0 radical (unpaired) electrons. The Labute approximate surface area is 149 Å². The number of hydrogen-bond acceptors (Lipinski definition) is 3. The van der Waals surface area contributed by atoms with Crippen LogP contribution in [0.2, 0.25) is 0 Å². The second-order valence-electron chi connectivity index (χ2n) is 6.64. The number of anilines is 1. The van der Waals surface area contributed by atoms with E-state index in [0.717, 1.165) is 25.7 Å². The monoisotopic (exact) mass is 393 g/mol. The van der Waals surface area contributed by atoms with Gasteiger partial charge in [0.2, 0.25) is 5.91 Å². The number of halogens is 2. The summed E-state index contributed by atoms with van der Waals surface area (Å²) in [6.45, 7) is 0. The Bertz CT molecular complexity index is 757. The van der Waals surface area contributed by atoms with Crippen LogP contribution in [0.25, 0.3) is 10.8 Å². The first kappa shape index (κ1) is 17.3. The molecule has 0 atom stereocenters. The van der Waals surface area contributed by atoms with E-state index in [1.807, 2.05) is 6.07 Å². The van der Waals surface area contributed by atoms with Gasteiger partial charge in [0.1, 0.15) is 11.6 Å². The van der Waals surface area contributed by atoms with E-state index in [1.54, 1.807) is 6.07 Å². The number of nitrogens with one attached hydrogen (secondary N) is 1. The molecule has 3 rings (SSSR count). The van der Waals surface area contributed by atoms with Gasteiger partial charge in [-0.25, -0.2) is 9.37 Å². The molecule has 6 heteroatoms. The maximum atomic E-state index is 13.9. The molecule has 0 spiro atoms. The third-order valence-corrected chi connectivity index (χ3v) is 5.26. The summed E-state index contributed by atoms with van der Waals surface area (Å²) in [5, 5.41) is 4.04. The standard InChI is InChI=1S/C18H21BrFN3O/c1-23(2)14-5-3-11(4-6-14)18(24)22-17-8-12-7-13(19)9-16(20)15(12)10-21-17/h7-11,14H,3-6H2,1-2H3,(H,21,22,24)/t11-,14-. The molecule has 1 N–H and O–H groups in total. The van der Waals surface area contributed by atoms with Crippen LogP contribution in [0.4, 0.5) is 10.2 Å². The second kappa shape index (κ2) is 7.15. The van der Waals surface area contributed by atoms with Gasteiger partial charge in [-0.15, -0.1) is 0 Å². The Morgan fingerprint density at radius 2 is 1.96 bits per heavy atom. The lowest BCUT2D eigenvalue weighted by atomic mass is 9.85. The first-order valence-electron chi connectivity index (χ1n) is 8.16. The van der Waals surface area contributed by atoms with Crippen LogP contribution in [0, 0.1) is 11.7 Å². The molecule has 4 nitrogen and oxygen atoms in total. The van der Waals surface area contributed by atoms with Crippen LogP contribution in [0.3, 0.4) is 0 Å². The van der Waals surface area contributed by atoms with Crippen molar-refractivity contribution in [1.29, 1.82) is 0 Å². The molecule has 1 fully saturated rings. The molecular weight excluding hydrogens is 373 g/mol. The topological polar surface area (TPSA) is 45.2 Å². The Kier molecular flexibility index (Phi) is 5.15. The number of benzene rings is 1. The van der Waals surface area contributed by atoms with Crippen molar-refractivity contribution >= 4 is 38.4 Å². The molecule has 1 saturated carbocycles. The summed E-state index contributed by atoms with van der Waals surface area (Å²) >= 11 is 3.29. The first-order valence-corrected chi connectivity index (χ1v) is 8.95. The molecule has 1 aliphatic carbocycles. The summed E-state index contributed by atoms with van der Waals surface area (Å²) in [5.74, 6) is 0.180. The predicted molar refractivity (Wildman–Crippen MR) is 97.5 cm³/mol. The number of carbonyl (C=O) groups is 1. The minimum atomic E-state index is -0.327. The van der Waals surface area contributed by atoms with Gasteiger partial charge in [-0.05, 0) is 63.4 Å². The summed E-state index contributed by atoms with van der Waals surface area (Å²) in [7, 11) is 4.17. The van der Waals surface area contributed by atoms with Gasteiger partial charge in [-0.2, -0.15) is 0 Å². The van der Waals surface area contributed by atoms with Gasteiger partial charge >= 0.3 is 0 Å². The Balaban J connectivity index is 1.70. The smallest absolute Gasteiger partial charge is 0.228 e. The maximum absolute atomic E-state index is 13.9. The number of pyridine rings is 1. The summed E-state index contributed by atoms with van der Waals surface area (Å²) in [5.41, 5.74) is 0. The fourth-order valence-electron chi connectivity index (χ4n) is 3.33. The van der Waals surface area contributed by atoms with Gasteiger partial charge in [0.25, 0.3) is 0 Å². The fourth-order valence-corrected chi connectivity index (χ4v) is 3.78. The van der Waals surface area contributed by atoms with Crippen molar-refractivity contribution in [3.63, 3.8) is 0 Å². The van der Waals surface area contributed by atoms with E-state index < -0.39 is 0 Å². The quantitative estimate of drug-likeness (QED) is 0.849. The van der Waals surface area contributed by atoms with Crippen LogP contribution < -0.4 is 5.32 Å². The van der Waals surface area contributed by atoms with Gasteiger partial charge in [0.05, 0.1) is 0 Å². The van der Waals surface area contributed by atoms with Crippen molar-refractivity contribution in [2.75, 3.05) is 19.4 Å². The number of carbonyl (C=O) groups excluding carboxylic acids is 1. The molecule has 128 valence electrons. The summed E-state index contributed by atoms with van der Waals surface area (Å²) < 4.78 is 14.5. The highest BCUT2D eigenvalue weighted by atomic mass is 79.9. The van der Waals surface area contributed by atoms with E-state index in [0.29, 0.717) is 27.1 Å². The largest absolute Gasteiger partial charge is 0.310 e. The van der Waals surface area contributed by atoms with Gasteiger partial charge in [0.15, 0.2) is 0 Å². The molecule has 24 heavy (non-hydrogen) atoms. The van der Waals surface area contributed by atoms with Gasteiger partial charge in [-0.3, -0.25) is 4.79 Å². The van der Waals surface area contributed by atoms with E-state index in [4.69, 9.17) is 0 Å². The highest BCUT2D eigenvalue weighted by Gasteiger charge is 2.27. The molecular formula is C18H21BrFN3O. The third-order valence-electron chi connectivity index (χ3n) is 4.80. The third kappa shape index (κ3) is 3.75. The number of hydrogen-bond donors (Lipinski definition) is 1. The van der Waals surface area contributed by atoms with E-state index in [9.17, 15) is 9.18 Å². The zero-order valence-electron chi connectivity index (χ0n) is 13.9. The number of aromatic nitrogens is 1. The SMILES string of the molecule is CN(C)[C@H]1CC[C@H](C(=O)Nc2cc3cc(Br)cc(F)c3cn2)CC1. The van der Waals surface area contributed by atoms with Crippen LogP contribution in [0.15, 0.2) is 28.9 Å². The average molecular weight is 394 g/mol. The minimum absolute atomic E-state index is 0.00882. The lowest BCUT2D eigenvalue weighted by molar-refractivity contribution is -0.121.